The molecule has 3 rings (SSSR count). The Kier molecular flexibility index (Phi) is 5.49. The third-order valence-electron chi connectivity index (χ3n) is 3.84. The van der Waals surface area contributed by atoms with Crippen LogP contribution in [0.5, 0.6) is 5.75 Å². The quantitative estimate of drug-likeness (QED) is 0.690. The Hall–Kier alpha value is -2.51. The fraction of sp³-hybridized carbons (Fsp3) is 0.222. The summed E-state index contributed by atoms with van der Waals surface area (Å²) in [5.74, 6) is 0.679. The van der Waals surface area contributed by atoms with E-state index in [0.29, 0.717) is 34.8 Å². The fourth-order valence-corrected chi connectivity index (χ4v) is 2.90. The molecule has 0 aliphatic rings. The van der Waals surface area contributed by atoms with Crippen LogP contribution < -0.4 is 15.2 Å². The predicted octanol–water partition coefficient (Wildman–Crippen LogP) is 2.39. The summed E-state index contributed by atoms with van der Waals surface area (Å²) in [7, 11) is 1.95. The number of H-pyrrole nitrogens is 1. The SMILES string of the molecule is C[NH+](Cc1ccc(OC(F)F)cc1)Cc1nc2cc(Cl)ccc2c(=O)[nH]1. The number of nitrogens with one attached hydrogen (secondary N) is 2. The average Bonchev–Trinajstić information content (AvgIpc) is 2.55. The van der Waals surface area contributed by atoms with Gasteiger partial charge >= 0.3 is 6.61 Å². The van der Waals surface area contributed by atoms with Gasteiger partial charge in [-0.1, -0.05) is 11.6 Å². The Bertz CT molecular complexity index is 961. The third kappa shape index (κ3) is 4.56. The molecule has 0 saturated carbocycles. The molecule has 1 heterocycles. The Morgan fingerprint density at radius 3 is 2.62 bits per heavy atom. The van der Waals surface area contributed by atoms with Crippen LogP contribution in [0.15, 0.2) is 47.3 Å². The highest BCUT2D eigenvalue weighted by atomic mass is 35.5. The van der Waals surface area contributed by atoms with E-state index in [1.807, 2.05) is 7.05 Å². The molecule has 0 bridgehead atoms. The minimum atomic E-state index is -2.83. The molecule has 0 spiro atoms. The minimum Gasteiger partial charge on any atom is -0.435 e. The summed E-state index contributed by atoms with van der Waals surface area (Å²) in [5.41, 5.74) is 1.30. The molecule has 2 aromatic carbocycles. The van der Waals surface area contributed by atoms with Gasteiger partial charge in [0.25, 0.3) is 5.56 Å². The van der Waals surface area contributed by atoms with Crippen LogP contribution in [0.25, 0.3) is 10.9 Å². The molecule has 0 amide bonds. The Morgan fingerprint density at radius 2 is 1.92 bits per heavy atom. The van der Waals surface area contributed by atoms with Crippen molar-refractivity contribution in [3.63, 3.8) is 0 Å². The van der Waals surface area contributed by atoms with E-state index in [9.17, 15) is 13.6 Å². The second-order valence-electron chi connectivity index (χ2n) is 6.01. The molecule has 1 atom stereocenters. The lowest BCUT2D eigenvalue weighted by Gasteiger charge is -2.14. The van der Waals surface area contributed by atoms with Crippen LogP contribution in [0.1, 0.15) is 11.4 Å². The smallest absolute Gasteiger partial charge is 0.387 e. The van der Waals surface area contributed by atoms with Crippen molar-refractivity contribution in [3.8, 4) is 5.75 Å². The summed E-state index contributed by atoms with van der Waals surface area (Å²) in [6.45, 7) is -1.71. The minimum absolute atomic E-state index is 0.124. The van der Waals surface area contributed by atoms with Gasteiger partial charge in [-0.3, -0.25) is 4.79 Å². The summed E-state index contributed by atoms with van der Waals surface area (Å²) in [5, 5.41) is 1.01. The number of quaternary nitrogens is 1. The maximum Gasteiger partial charge on any atom is 0.387 e. The number of aromatic amines is 1. The van der Waals surface area contributed by atoms with E-state index in [4.69, 9.17) is 11.6 Å². The van der Waals surface area contributed by atoms with Crippen molar-refractivity contribution < 1.29 is 18.4 Å². The van der Waals surface area contributed by atoms with Crippen LogP contribution in [0, 0.1) is 0 Å². The lowest BCUT2D eigenvalue weighted by Crippen LogP contribution is -3.06. The van der Waals surface area contributed by atoms with Gasteiger partial charge in [0.1, 0.15) is 18.8 Å². The molecule has 0 aliphatic heterocycles. The lowest BCUT2D eigenvalue weighted by atomic mass is 10.2. The first-order chi connectivity index (χ1) is 12.4. The number of fused-ring (bicyclic) bond motifs is 1. The molecular weight excluding hydrogens is 364 g/mol. The van der Waals surface area contributed by atoms with Crippen LogP contribution >= 0.6 is 11.6 Å². The number of alkyl halides is 2. The maximum absolute atomic E-state index is 12.2. The number of aromatic nitrogens is 2. The number of halogens is 3. The number of hydrogen-bond donors (Lipinski definition) is 2. The number of nitrogens with zero attached hydrogens (tertiary/aromatic N) is 1. The molecule has 2 N–H and O–H groups in total. The summed E-state index contributed by atoms with van der Waals surface area (Å²) in [6.07, 6.45) is 0. The number of benzene rings is 2. The average molecular weight is 381 g/mol. The first-order valence-corrected chi connectivity index (χ1v) is 8.32. The first-order valence-electron chi connectivity index (χ1n) is 7.94. The fourth-order valence-electron chi connectivity index (χ4n) is 2.73. The van der Waals surface area contributed by atoms with Crippen molar-refractivity contribution in [3.05, 3.63) is 69.2 Å². The Morgan fingerprint density at radius 1 is 1.19 bits per heavy atom. The standard InChI is InChI=1S/C18H16ClF2N3O2/c1-24(9-11-2-5-13(6-3-11)26-18(20)21)10-16-22-15-8-12(19)4-7-14(15)17(25)23-16/h2-8,18H,9-10H2,1H3,(H,22,23,25)/p+1. The van der Waals surface area contributed by atoms with E-state index in [1.54, 1.807) is 30.3 Å². The second-order valence-corrected chi connectivity index (χ2v) is 6.44. The zero-order valence-corrected chi connectivity index (χ0v) is 14.7. The summed E-state index contributed by atoms with van der Waals surface area (Å²) < 4.78 is 28.7. The van der Waals surface area contributed by atoms with Gasteiger partial charge in [-0.15, -0.1) is 0 Å². The molecule has 0 fully saturated rings. The Labute approximate surface area is 153 Å². The first kappa shape index (κ1) is 18.3. The molecule has 8 heteroatoms. The second kappa shape index (κ2) is 7.80. The lowest BCUT2D eigenvalue weighted by molar-refractivity contribution is -0.908. The van der Waals surface area contributed by atoms with Crippen molar-refractivity contribution >= 4 is 22.5 Å². The highest BCUT2D eigenvalue weighted by Gasteiger charge is 2.11. The molecular formula is C18H17ClF2N3O2+. The van der Waals surface area contributed by atoms with Crippen LogP contribution in [-0.2, 0) is 13.1 Å². The van der Waals surface area contributed by atoms with Gasteiger partial charge in [-0.25, -0.2) is 4.98 Å². The molecule has 26 heavy (non-hydrogen) atoms. The molecule has 0 saturated heterocycles. The molecule has 0 aliphatic carbocycles. The van der Waals surface area contributed by atoms with Gasteiger partial charge in [-0.05, 0) is 42.5 Å². The van der Waals surface area contributed by atoms with E-state index in [0.717, 1.165) is 10.5 Å². The van der Waals surface area contributed by atoms with Crippen molar-refractivity contribution in [2.24, 2.45) is 0 Å². The van der Waals surface area contributed by atoms with E-state index in [1.165, 1.54) is 12.1 Å². The zero-order chi connectivity index (χ0) is 18.7. The zero-order valence-electron chi connectivity index (χ0n) is 13.9. The molecule has 136 valence electrons. The molecule has 3 aromatic rings. The van der Waals surface area contributed by atoms with E-state index >= 15 is 0 Å². The van der Waals surface area contributed by atoms with Crippen molar-refractivity contribution in [1.29, 1.82) is 0 Å². The van der Waals surface area contributed by atoms with Gasteiger partial charge in [0.15, 0.2) is 5.82 Å². The normalized spacial score (nSPS) is 12.5. The molecule has 5 nitrogen and oxygen atoms in total. The van der Waals surface area contributed by atoms with Gasteiger partial charge < -0.3 is 14.6 Å². The largest absolute Gasteiger partial charge is 0.435 e. The van der Waals surface area contributed by atoms with Crippen LogP contribution in [-0.4, -0.2) is 23.6 Å². The highest BCUT2D eigenvalue weighted by Crippen LogP contribution is 2.15. The summed E-state index contributed by atoms with van der Waals surface area (Å²) >= 11 is 5.97. The third-order valence-corrected chi connectivity index (χ3v) is 4.08. The van der Waals surface area contributed by atoms with Crippen LogP contribution in [0.4, 0.5) is 8.78 Å². The summed E-state index contributed by atoms with van der Waals surface area (Å²) in [6, 6.07) is 11.4. The van der Waals surface area contributed by atoms with E-state index in [-0.39, 0.29) is 11.3 Å². The number of hydrogen-bond acceptors (Lipinski definition) is 3. The summed E-state index contributed by atoms with van der Waals surface area (Å²) in [4.78, 5) is 20.5. The predicted molar refractivity (Wildman–Crippen MR) is 94.7 cm³/mol. The molecule has 0 radical (unpaired) electrons. The van der Waals surface area contributed by atoms with Crippen molar-refractivity contribution in [2.75, 3.05) is 7.05 Å². The monoisotopic (exact) mass is 380 g/mol. The molecule has 1 aromatic heterocycles. The maximum atomic E-state index is 12.2. The Balaban J connectivity index is 1.70. The number of ether oxygens (including phenoxy) is 1. The highest BCUT2D eigenvalue weighted by molar-refractivity contribution is 6.31. The topological polar surface area (TPSA) is 59.4 Å². The van der Waals surface area contributed by atoms with E-state index < -0.39 is 6.61 Å². The van der Waals surface area contributed by atoms with Crippen LogP contribution in [0.2, 0.25) is 5.02 Å². The van der Waals surface area contributed by atoms with Gasteiger partial charge in [-0.2, -0.15) is 8.78 Å². The van der Waals surface area contributed by atoms with Crippen LogP contribution in [0.3, 0.4) is 0 Å². The number of rotatable bonds is 6. The van der Waals surface area contributed by atoms with Crippen molar-refractivity contribution in [1.82, 2.24) is 9.97 Å². The van der Waals surface area contributed by atoms with E-state index in [2.05, 4.69) is 14.7 Å². The van der Waals surface area contributed by atoms with Gasteiger partial charge in [0.2, 0.25) is 0 Å². The van der Waals surface area contributed by atoms with Gasteiger partial charge in [0, 0.05) is 10.6 Å². The molecule has 1 unspecified atom stereocenters. The van der Waals surface area contributed by atoms with Gasteiger partial charge in [0.05, 0.1) is 18.0 Å². The van der Waals surface area contributed by atoms with Crippen molar-refractivity contribution in [2.45, 2.75) is 19.7 Å².